The fourth-order valence-electron chi connectivity index (χ4n) is 2.70. The first-order valence-electron chi connectivity index (χ1n) is 7.57. The van der Waals surface area contributed by atoms with Crippen LogP contribution in [0.15, 0.2) is 0 Å². The fourth-order valence-corrected chi connectivity index (χ4v) is 3.86. The van der Waals surface area contributed by atoms with Gasteiger partial charge < -0.3 is 20.7 Å². The number of nitrogens with two attached hydrogens (primary N) is 1. The molecule has 1 saturated heterocycles. The Bertz CT molecular complexity index is 501. The monoisotopic (exact) mass is 311 g/mol. The number of amides is 1. The highest BCUT2D eigenvalue weighted by Crippen LogP contribution is 2.45. The van der Waals surface area contributed by atoms with Crippen molar-refractivity contribution < 1.29 is 9.53 Å². The summed E-state index contributed by atoms with van der Waals surface area (Å²) in [6, 6.07) is 0. The van der Waals surface area contributed by atoms with Crippen molar-refractivity contribution in [1.82, 2.24) is 5.32 Å². The Hall–Kier alpha value is -1.43. The third kappa shape index (κ3) is 3.43. The van der Waals surface area contributed by atoms with E-state index in [-0.39, 0.29) is 5.91 Å². The maximum Gasteiger partial charge on any atom is 0.263 e. The maximum absolute atomic E-state index is 12.1. The van der Waals surface area contributed by atoms with Gasteiger partial charge in [0.2, 0.25) is 0 Å². The van der Waals surface area contributed by atoms with Gasteiger partial charge in [-0.15, -0.1) is 11.3 Å². The predicted molar refractivity (Wildman–Crippen MR) is 88.5 cm³/mol. The van der Waals surface area contributed by atoms with Crippen molar-refractivity contribution in [2.75, 3.05) is 37.4 Å². The zero-order chi connectivity index (χ0) is 15.4. The number of carbonyl (C=O) groups excluding carboxylic acids is 1. The number of carbonyl (C=O) groups is 1. The molecule has 118 valence electrons. The average molecular weight is 311 g/mol. The first kappa shape index (κ1) is 15.9. The van der Waals surface area contributed by atoms with Gasteiger partial charge in [-0.1, -0.05) is 6.92 Å². The van der Waals surface area contributed by atoms with Gasteiger partial charge in [0, 0.05) is 19.6 Å². The second-order valence-electron chi connectivity index (χ2n) is 5.57. The second kappa shape index (κ2) is 7.02. The lowest BCUT2D eigenvalue weighted by Crippen LogP contribution is -2.23. The maximum atomic E-state index is 12.1. The van der Waals surface area contributed by atoms with Crippen molar-refractivity contribution in [3.8, 4) is 5.75 Å². The highest BCUT2D eigenvalue weighted by Gasteiger charge is 2.26. The third-order valence-electron chi connectivity index (χ3n) is 3.93. The lowest BCUT2D eigenvalue weighted by atomic mass is 10.0. The summed E-state index contributed by atoms with van der Waals surface area (Å²) in [5, 5.41) is 3.80. The number of nitrogens with one attached hydrogen (secondary N) is 1. The van der Waals surface area contributed by atoms with Crippen LogP contribution in [-0.2, 0) is 0 Å². The summed E-state index contributed by atoms with van der Waals surface area (Å²) in [5.41, 5.74) is 6.58. The zero-order valence-corrected chi connectivity index (χ0v) is 13.9. The molecule has 1 aromatic rings. The molecule has 1 atom stereocenters. The van der Waals surface area contributed by atoms with E-state index in [2.05, 4.69) is 17.1 Å². The summed E-state index contributed by atoms with van der Waals surface area (Å²) in [5.74, 6) is 1.28. The first-order valence-corrected chi connectivity index (χ1v) is 8.39. The van der Waals surface area contributed by atoms with Gasteiger partial charge in [0.1, 0.15) is 15.6 Å². The molecule has 0 radical (unpaired) electrons. The lowest BCUT2D eigenvalue weighted by Gasteiger charge is -2.21. The van der Waals surface area contributed by atoms with Crippen LogP contribution >= 0.6 is 11.3 Å². The summed E-state index contributed by atoms with van der Waals surface area (Å²) in [6.45, 7) is 6.77. The summed E-state index contributed by atoms with van der Waals surface area (Å²) in [4.78, 5) is 15.0. The number of nitrogens with zero attached hydrogens (tertiary/aromatic N) is 1. The fraction of sp³-hybridized carbons (Fsp3) is 0.667. The van der Waals surface area contributed by atoms with E-state index in [9.17, 15) is 4.79 Å². The average Bonchev–Trinajstić information content (AvgIpc) is 2.63. The molecule has 6 heteroatoms. The Labute approximate surface area is 130 Å². The van der Waals surface area contributed by atoms with Crippen molar-refractivity contribution in [3.63, 3.8) is 0 Å². The smallest absolute Gasteiger partial charge is 0.263 e. The van der Waals surface area contributed by atoms with Gasteiger partial charge in [-0.2, -0.15) is 0 Å². The molecule has 0 aliphatic carbocycles. The molecule has 1 unspecified atom stereocenters. The Kier molecular flexibility index (Phi) is 5.33. The number of hydrogen-bond acceptors (Lipinski definition) is 5. The van der Waals surface area contributed by atoms with Gasteiger partial charge in [-0.05, 0) is 32.1 Å². The number of methoxy groups -OCH3 is 1. The Balaban J connectivity index is 2.30. The number of anilines is 2. The van der Waals surface area contributed by atoms with Crippen LogP contribution in [0.2, 0.25) is 0 Å². The Morgan fingerprint density at radius 1 is 1.48 bits per heavy atom. The predicted octanol–water partition coefficient (Wildman–Crippen LogP) is 2.72. The third-order valence-corrected chi connectivity index (χ3v) is 5.18. The number of hydrogen-bond donors (Lipinski definition) is 2. The molecule has 2 heterocycles. The van der Waals surface area contributed by atoms with Crippen molar-refractivity contribution >= 4 is 27.9 Å². The highest BCUT2D eigenvalue weighted by molar-refractivity contribution is 7.19. The molecule has 1 aliphatic rings. The van der Waals surface area contributed by atoms with E-state index in [0.717, 1.165) is 30.4 Å². The van der Waals surface area contributed by atoms with Gasteiger partial charge >= 0.3 is 0 Å². The number of rotatable bonds is 4. The van der Waals surface area contributed by atoms with Crippen molar-refractivity contribution in [3.05, 3.63) is 4.88 Å². The van der Waals surface area contributed by atoms with E-state index in [4.69, 9.17) is 10.5 Å². The number of thiophene rings is 1. The highest BCUT2D eigenvalue weighted by atomic mass is 32.1. The van der Waals surface area contributed by atoms with Crippen LogP contribution in [-0.4, -0.2) is 32.7 Å². The Morgan fingerprint density at radius 3 is 2.90 bits per heavy atom. The van der Waals surface area contributed by atoms with E-state index < -0.39 is 0 Å². The van der Waals surface area contributed by atoms with Crippen molar-refractivity contribution in [2.45, 2.75) is 33.1 Å². The lowest BCUT2D eigenvalue weighted by molar-refractivity contribution is 0.0960. The van der Waals surface area contributed by atoms with Gasteiger partial charge in [0.05, 0.1) is 7.11 Å². The molecule has 5 nitrogen and oxygen atoms in total. The van der Waals surface area contributed by atoms with E-state index in [0.29, 0.717) is 22.9 Å². The summed E-state index contributed by atoms with van der Waals surface area (Å²) < 4.78 is 5.47. The molecule has 0 aromatic carbocycles. The van der Waals surface area contributed by atoms with Crippen LogP contribution < -0.4 is 20.7 Å². The molecule has 1 amide bonds. The largest absolute Gasteiger partial charge is 0.492 e. The molecule has 1 fully saturated rings. The van der Waals surface area contributed by atoms with Crippen molar-refractivity contribution in [2.24, 2.45) is 5.92 Å². The zero-order valence-electron chi connectivity index (χ0n) is 13.1. The molecule has 3 N–H and O–H groups in total. The van der Waals surface area contributed by atoms with Crippen LogP contribution in [0.3, 0.4) is 0 Å². The molecule has 0 bridgehead atoms. The molecular formula is C15H25N3O2S. The first-order chi connectivity index (χ1) is 10.1. The van der Waals surface area contributed by atoms with E-state index in [1.807, 2.05) is 6.92 Å². The minimum absolute atomic E-state index is 0.118. The van der Waals surface area contributed by atoms with Crippen LogP contribution in [0, 0.1) is 5.92 Å². The molecule has 2 rings (SSSR count). The van der Waals surface area contributed by atoms with Crippen molar-refractivity contribution in [1.29, 1.82) is 0 Å². The van der Waals surface area contributed by atoms with E-state index in [1.165, 1.54) is 24.2 Å². The molecule has 1 aromatic heterocycles. The van der Waals surface area contributed by atoms with Gasteiger partial charge in [0.15, 0.2) is 5.75 Å². The normalized spacial score (nSPS) is 19.2. The molecule has 0 saturated carbocycles. The van der Waals surface area contributed by atoms with E-state index >= 15 is 0 Å². The standard InChI is InChI=1S/C15H25N3O2S/c1-4-17-14(19)13-11(16)12(20-3)15(21-13)18-8-5-6-10(2)7-9-18/h10H,4-9,16H2,1-3H3,(H,17,19). The second-order valence-corrected chi connectivity index (χ2v) is 6.56. The molecule has 0 spiro atoms. The van der Waals surface area contributed by atoms with Gasteiger partial charge in [0.25, 0.3) is 5.91 Å². The number of ether oxygens (including phenoxy) is 1. The van der Waals surface area contributed by atoms with Crippen LogP contribution in [0.5, 0.6) is 5.75 Å². The summed E-state index contributed by atoms with van der Waals surface area (Å²) in [7, 11) is 1.61. The SMILES string of the molecule is CCNC(=O)c1sc(N2CCCC(C)CC2)c(OC)c1N. The van der Waals surface area contributed by atoms with E-state index in [1.54, 1.807) is 7.11 Å². The van der Waals surface area contributed by atoms with Crippen LogP contribution in [0.1, 0.15) is 42.8 Å². The molecule has 1 aliphatic heterocycles. The van der Waals surface area contributed by atoms with Gasteiger partial charge in [-0.25, -0.2) is 0 Å². The van der Waals surface area contributed by atoms with Crippen LogP contribution in [0.25, 0.3) is 0 Å². The summed E-state index contributed by atoms with van der Waals surface area (Å²) in [6.07, 6.45) is 3.58. The quantitative estimate of drug-likeness (QED) is 0.897. The van der Waals surface area contributed by atoms with Gasteiger partial charge in [-0.3, -0.25) is 4.79 Å². The summed E-state index contributed by atoms with van der Waals surface area (Å²) >= 11 is 1.44. The minimum atomic E-state index is -0.118. The molecule has 21 heavy (non-hydrogen) atoms. The van der Waals surface area contributed by atoms with Crippen LogP contribution in [0.4, 0.5) is 10.7 Å². The topological polar surface area (TPSA) is 67.6 Å². The minimum Gasteiger partial charge on any atom is -0.492 e. The Morgan fingerprint density at radius 2 is 2.24 bits per heavy atom. The number of nitrogen functional groups attached to an aromatic ring is 1. The molecular weight excluding hydrogens is 286 g/mol.